The summed E-state index contributed by atoms with van der Waals surface area (Å²) in [5, 5.41) is 10.5. The van der Waals surface area contributed by atoms with E-state index < -0.39 is 23.7 Å². The average molecular weight is 397 g/mol. The minimum atomic E-state index is -0.904. The number of ether oxygens (including phenoxy) is 1. The summed E-state index contributed by atoms with van der Waals surface area (Å²) in [5.74, 6) is -0.867. The van der Waals surface area contributed by atoms with Gasteiger partial charge in [-0.3, -0.25) is 4.79 Å². The zero-order valence-electron chi connectivity index (χ0n) is 16.9. The molecule has 152 valence electrons. The molecular weight excluding hydrogens is 373 g/mol. The van der Waals surface area contributed by atoms with Gasteiger partial charge in [-0.05, 0) is 57.9 Å². The number of hydrogen-bond acceptors (Lipinski definition) is 4. The van der Waals surface area contributed by atoms with E-state index in [2.05, 4.69) is 0 Å². The fourth-order valence-corrected chi connectivity index (χ4v) is 3.31. The van der Waals surface area contributed by atoms with E-state index in [1.807, 2.05) is 0 Å². The minimum absolute atomic E-state index is 0.170. The van der Waals surface area contributed by atoms with Gasteiger partial charge >= 0.3 is 6.09 Å². The monoisotopic (exact) mass is 397 g/mol. The molecule has 0 saturated carbocycles. The first-order valence-electron chi connectivity index (χ1n) is 9.38. The van der Waals surface area contributed by atoms with Crippen LogP contribution in [0, 0.1) is 5.82 Å². The van der Waals surface area contributed by atoms with Crippen molar-refractivity contribution in [2.75, 3.05) is 4.90 Å². The van der Waals surface area contributed by atoms with Gasteiger partial charge in [-0.15, -0.1) is 0 Å². The van der Waals surface area contributed by atoms with Gasteiger partial charge in [0.05, 0.1) is 11.8 Å². The number of imide groups is 1. The Morgan fingerprint density at radius 3 is 2.38 bits per heavy atom. The summed E-state index contributed by atoms with van der Waals surface area (Å²) >= 11 is 0. The van der Waals surface area contributed by atoms with Crippen molar-refractivity contribution in [1.82, 2.24) is 0 Å². The lowest BCUT2D eigenvalue weighted by Crippen LogP contribution is -2.38. The third kappa shape index (κ3) is 4.38. The van der Waals surface area contributed by atoms with Gasteiger partial charge in [0.2, 0.25) is 0 Å². The van der Waals surface area contributed by atoms with Crippen LogP contribution in [-0.4, -0.2) is 22.7 Å². The molecule has 1 N–H and O–H groups in total. The maximum atomic E-state index is 13.1. The number of amides is 2. The molecule has 0 bridgehead atoms. The minimum Gasteiger partial charge on any atom is -0.443 e. The summed E-state index contributed by atoms with van der Waals surface area (Å²) in [5.41, 5.74) is 1.88. The van der Waals surface area contributed by atoms with E-state index in [4.69, 9.17) is 4.74 Å². The third-order valence-corrected chi connectivity index (χ3v) is 4.59. The average Bonchev–Trinajstić information content (AvgIpc) is 2.92. The Labute approximate surface area is 169 Å². The zero-order chi connectivity index (χ0) is 21.3. The summed E-state index contributed by atoms with van der Waals surface area (Å²) in [4.78, 5) is 26.8. The molecule has 0 aliphatic carbocycles. The summed E-state index contributed by atoms with van der Waals surface area (Å²) < 4.78 is 18.5. The number of aliphatic hydroxyl groups is 1. The topological polar surface area (TPSA) is 66.8 Å². The highest BCUT2D eigenvalue weighted by Crippen LogP contribution is 2.40. The van der Waals surface area contributed by atoms with Gasteiger partial charge < -0.3 is 9.84 Å². The number of aliphatic hydroxyl groups excluding tert-OH is 1. The van der Waals surface area contributed by atoms with E-state index in [0.29, 0.717) is 28.0 Å². The second-order valence-electron chi connectivity index (χ2n) is 8.06. The number of benzene rings is 2. The van der Waals surface area contributed by atoms with Crippen LogP contribution in [0.1, 0.15) is 51.3 Å². The summed E-state index contributed by atoms with van der Waals surface area (Å²) in [7, 11) is 0. The molecule has 2 aromatic rings. The molecule has 1 aliphatic rings. The largest absolute Gasteiger partial charge is 0.443 e. The van der Waals surface area contributed by atoms with Crippen LogP contribution in [0.2, 0.25) is 0 Å². The normalized spacial score (nSPS) is 16.5. The summed E-state index contributed by atoms with van der Waals surface area (Å²) in [6, 6.07) is 12.6. The maximum Gasteiger partial charge on any atom is 0.422 e. The van der Waals surface area contributed by atoms with Gasteiger partial charge in [0.15, 0.2) is 0 Å². The lowest BCUT2D eigenvalue weighted by Gasteiger charge is -2.23. The van der Waals surface area contributed by atoms with Gasteiger partial charge in [0.1, 0.15) is 11.4 Å². The van der Waals surface area contributed by atoms with Crippen molar-refractivity contribution in [3.05, 3.63) is 71.0 Å². The van der Waals surface area contributed by atoms with Crippen molar-refractivity contribution in [3.8, 4) is 0 Å². The van der Waals surface area contributed by atoms with E-state index in [1.165, 1.54) is 24.3 Å². The molecule has 1 atom stereocenters. The molecule has 3 rings (SSSR count). The van der Waals surface area contributed by atoms with Crippen LogP contribution in [0.5, 0.6) is 0 Å². The van der Waals surface area contributed by atoms with Gasteiger partial charge in [-0.1, -0.05) is 35.9 Å². The Morgan fingerprint density at radius 2 is 1.76 bits per heavy atom. The van der Waals surface area contributed by atoms with Crippen LogP contribution in [0.3, 0.4) is 0 Å². The first-order chi connectivity index (χ1) is 13.6. The number of carbonyl (C=O) groups excluding carboxylic acids is 2. The van der Waals surface area contributed by atoms with Gasteiger partial charge in [0, 0.05) is 11.1 Å². The smallest absolute Gasteiger partial charge is 0.422 e. The predicted molar refractivity (Wildman–Crippen MR) is 109 cm³/mol. The highest BCUT2D eigenvalue weighted by atomic mass is 19.1. The molecule has 2 aromatic carbocycles. The Kier molecular flexibility index (Phi) is 5.57. The molecule has 29 heavy (non-hydrogen) atoms. The van der Waals surface area contributed by atoms with Crippen LogP contribution >= 0.6 is 0 Å². The van der Waals surface area contributed by atoms with Crippen LogP contribution in [0.4, 0.5) is 14.9 Å². The first-order valence-corrected chi connectivity index (χ1v) is 9.38. The molecule has 1 heterocycles. The Morgan fingerprint density at radius 1 is 1.14 bits per heavy atom. The summed E-state index contributed by atoms with van der Waals surface area (Å²) in [6.45, 7) is 6.95. The Balaban J connectivity index is 1.95. The number of hydrogen-bond donors (Lipinski definition) is 1. The number of carbonyl (C=O) groups is 2. The molecule has 0 fully saturated rings. The van der Waals surface area contributed by atoms with Crippen molar-refractivity contribution in [3.63, 3.8) is 0 Å². The quantitative estimate of drug-likeness (QED) is 0.740. The predicted octanol–water partition coefficient (Wildman–Crippen LogP) is 5.00. The summed E-state index contributed by atoms with van der Waals surface area (Å²) in [6.07, 6.45) is -1.47. The molecule has 0 radical (unpaired) electrons. The fraction of sp³-hybridized carbons (Fsp3) is 0.304. The zero-order valence-corrected chi connectivity index (χ0v) is 16.9. The lowest BCUT2D eigenvalue weighted by molar-refractivity contribution is -0.112. The molecule has 5 nitrogen and oxygen atoms in total. The van der Waals surface area contributed by atoms with E-state index >= 15 is 0 Å². The van der Waals surface area contributed by atoms with Crippen molar-refractivity contribution in [2.45, 2.75) is 45.8 Å². The standard InChI is InChI=1S/C23H24FNO4/c1-14(13-19(26)15-9-11-16(24)12-10-15)20-17-7-5-6-8-18(17)25(21(20)27)22(28)29-23(2,3)4/h5-12,19,26H,13H2,1-4H3/b20-14-/t19-/m0/s1. The van der Waals surface area contributed by atoms with Crippen LogP contribution < -0.4 is 4.90 Å². The molecule has 0 spiro atoms. The van der Waals surface area contributed by atoms with Gasteiger partial charge in [-0.25, -0.2) is 14.1 Å². The maximum absolute atomic E-state index is 13.1. The van der Waals surface area contributed by atoms with Crippen LogP contribution in [-0.2, 0) is 9.53 Å². The van der Waals surface area contributed by atoms with Crippen LogP contribution in [0.25, 0.3) is 5.57 Å². The number of para-hydroxylation sites is 1. The number of fused-ring (bicyclic) bond motifs is 1. The second-order valence-corrected chi connectivity index (χ2v) is 8.06. The first kappa shape index (κ1) is 20.7. The third-order valence-electron chi connectivity index (χ3n) is 4.59. The molecule has 0 unspecified atom stereocenters. The van der Waals surface area contributed by atoms with E-state index in [1.54, 1.807) is 52.0 Å². The number of anilines is 1. The van der Waals surface area contributed by atoms with Crippen molar-refractivity contribution in [1.29, 1.82) is 0 Å². The molecular formula is C23H24FNO4. The highest BCUT2D eigenvalue weighted by molar-refractivity contribution is 6.39. The van der Waals surface area contributed by atoms with Crippen molar-refractivity contribution in [2.24, 2.45) is 0 Å². The highest BCUT2D eigenvalue weighted by Gasteiger charge is 2.39. The molecule has 1 aliphatic heterocycles. The van der Waals surface area contributed by atoms with E-state index in [9.17, 15) is 19.1 Å². The van der Waals surface area contributed by atoms with E-state index in [-0.39, 0.29) is 12.2 Å². The lowest BCUT2D eigenvalue weighted by atomic mass is 9.95. The van der Waals surface area contributed by atoms with Crippen molar-refractivity contribution >= 4 is 23.3 Å². The number of halogens is 1. The fourth-order valence-electron chi connectivity index (χ4n) is 3.31. The molecule has 6 heteroatoms. The molecule has 0 aromatic heterocycles. The van der Waals surface area contributed by atoms with Gasteiger partial charge in [0.25, 0.3) is 5.91 Å². The Bertz CT molecular complexity index is 973. The van der Waals surface area contributed by atoms with Gasteiger partial charge in [-0.2, -0.15) is 0 Å². The molecule has 2 amide bonds. The van der Waals surface area contributed by atoms with Crippen LogP contribution in [0.15, 0.2) is 54.1 Å². The molecule has 0 saturated heterocycles. The second kappa shape index (κ2) is 7.79. The Hall–Kier alpha value is -2.99. The van der Waals surface area contributed by atoms with Crippen molar-refractivity contribution < 1.29 is 23.8 Å². The SMILES string of the molecule is C/C(C[C@H](O)c1ccc(F)cc1)=C1/C(=O)N(C(=O)OC(C)(C)C)c2ccccc21. The number of rotatable bonds is 3. The van der Waals surface area contributed by atoms with E-state index in [0.717, 1.165) is 4.90 Å². The number of nitrogens with zero attached hydrogens (tertiary/aromatic N) is 1.